The van der Waals surface area contributed by atoms with Gasteiger partial charge in [0, 0.05) is 39.5 Å². The number of carboxylic acid groups (broad SMARTS) is 1. The summed E-state index contributed by atoms with van der Waals surface area (Å²) in [6.45, 7) is 6.91. The van der Waals surface area contributed by atoms with Crippen molar-refractivity contribution in [1.29, 1.82) is 0 Å². The van der Waals surface area contributed by atoms with E-state index in [4.69, 9.17) is 9.47 Å². The second kappa shape index (κ2) is 8.84. The zero-order valence-corrected chi connectivity index (χ0v) is 12.9. The third-order valence-corrected chi connectivity index (χ3v) is 3.86. The number of aliphatic carboxylic acids is 1. The second-order valence-electron chi connectivity index (χ2n) is 5.13. The van der Waals surface area contributed by atoms with Crippen LogP contribution in [-0.4, -0.2) is 68.1 Å². The summed E-state index contributed by atoms with van der Waals surface area (Å²) < 4.78 is 10.4. The van der Waals surface area contributed by atoms with Crippen LogP contribution in [0.25, 0.3) is 0 Å². The van der Waals surface area contributed by atoms with Gasteiger partial charge in [-0.1, -0.05) is 0 Å². The first-order chi connectivity index (χ1) is 10.1. The Bertz CT molecular complexity index is 342. The molecule has 1 rings (SSSR count). The van der Waals surface area contributed by atoms with Crippen molar-refractivity contribution in [2.75, 3.05) is 46.1 Å². The molecule has 0 spiro atoms. The number of carbonyl (C=O) groups excluding carboxylic acids is 1. The average molecular weight is 302 g/mol. The van der Waals surface area contributed by atoms with E-state index in [0.29, 0.717) is 52.4 Å². The predicted molar refractivity (Wildman–Crippen MR) is 77.3 cm³/mol. The largest absolute Gasteiger partial charge is 0.481 e. The summed E-state index contributed by atoms with van der Waals surface area (Å²) in [5.41, 5.74) is -0.909. The Labute approximate surface area is 125 Å². The number of carbonyl (C=O) groups is 2. The molecule has 0 saturated carbocycles. The highest BCUT2D eigenvalue weighted by atomic mass is 16.5. The van der Waals surface area contributed by atoms with Crippen molar-refractivity contribution in [3.63, 3.8) is 0 Å². The minimum atomic E-state index is -0.909. The van der Waals surface area contributed by atoms with Crippen LogP contribution in [0, 0.1) is 5.41 Å². The van der Waals surface area contributed by atoms with E-state index in [1.165, 1.54) is 0 Å². The number of carboxylic acids is 1. The fraction of sp³-hybridized carbons (Fsp3) is 0.857. The van der Waals surface area contributed by atoms with Gasteiger partial charge in [-0.3, -0.25) is 4.79 Å². The van der Waals surface area contributed by atoms with Gasteiger partial charge in [0.05, 0.1) is 12.0 Å². The van der Waals surface area contributed by atoms with Crippen molar-refractivity contribution in [2.45, 2.75) is 26.7 Å². The lowest BCUT2D eigenvalue weighted by molar-refractivity contribution is -0.154. The summed E-state index contributed by atoms with van der Waals surface area (Å²) in [6.07, 6.45) is 0.849. The molecule has 0 radical (unpaired) electrons. The van der Waals surface area contributed by atoms with E-state index in [9.17, 15) is 14.7 Å². The Morgan fingerprint density at radius 1 is 1.33 bits per heavy atom. The molecule has 0 bridgehead atoms. The third kappa shape index (κ3) is 5.17. The predicted octanol–water partition coefficient (Wildman–Crippen LogP) is 0.936. The molecule has 0 aromatic heterocycles. The Morgan fingerprint density at radius 2 is 2.00 bits per heavy atom. The fourth-order valence-corrected chi connectivity index (χ4v) is 2.31. The molecule has 7 heteroatoms. The summed E-state index contributed by atoms with van der Waals surface area (Å²) >= 11 is 0. The number of ether oxygens (including phenoxy) is 2. The molecule has 1 saturated heterocycles. The number of nitrogens with zero attached hydrogens (tertiary/aromatic N) is 1. The lowest BCUT2D eigenvalue weighted by atomic mass is 9.80. The summed E-state index contributed by atoms with van der Waals surface area (Å²) in [6, 6.07) is -0.246. The molecule has 122 valence electrons. The lowest BCUT2D eigenvalue weighted by Crippen LogP contribution is -2.50. The SMILES string of the molecule is CCOCCN(CC)C(=O)NCC1(C(=O)O)CCOCC1. The average Bonchev–Trinajstić information content (AvgIpc) is 2.50. The summed E-state index contributed by atoms with van der Waals surface area (Å²) in [4.78, 5) is 25.2. The van der Waals surface area contributed by atoms with Crippen molar-refractivity contribution < 1.29 is 24.2 Å². The van der Waals surface area contributed by atoms with Gasteiger partial charge in [0.15, 0.2) is 0 Å². The van der Waals surface area contributed by atoms with Gasteiger partial charge in [0.1, 0.15) is 0 Å². The highest BCUT2D eigenvalue weighted by Crippen LogP contribution is 2.30. The van der Waals surface area contributed by atoms with Crippen LogP contribution in [0.4, 0.5) is 4.79 Å². The van der Waals surface area contributed by atoms with Crippen LogP contribution in [0.3, 0.4) is 0 Å². The number of hydrogen-bond acceptors (Lipinski definition) is 4. The van der Waals surface area contributed by atoms with Gasteiger partial charge >= 0.3 is 12.0 Å². The van der Waals surface area contributed by atoms with Gasteiger partial charge in [-0.15, -0.1) is 0 Å². The maximum Gasteiger partial charge on any atom is 0.317 e. The molecule has 1 fully saturated rings. The molecule has 21 heavy (non-hydrogen) atoms. The Hall–Kier alpha value is -1.34. The fourth-order valence-electron chi connectivity index (χ4n) is 2.31. The first-order valence-corrected chi connectivity index (χ1v) is 7.47. The zero-order valence-electron chi connectivity index (χ0n) is 12.9. The molecular weight excluding hydrogens is 276 g/mol. The van der Waals surface area contributed by atoms with Gasteiger partial charge in [0.2, 0.25) is 0 Å². The van der Waals surface area contributed by atoms with E-state index in [1.807, 2.05) is 13.8 Å². The van der Waals surface area contributed by atoms with Gasteiger partial charge < -0.3 is 24.8 Å². The number of urea groups is 1. The normalized spacial score (nSPS) is 17.2. The lowest BCUT2D eigenvalue weighted by Gasteiger charge is -2.34. The molecule has 0 atom stereocenters. The van der Waals surface area contributed by atoms with E-state index < -0.39 is 11.4 Å². The molecule has 0 unspecified atom stereocenters. The summed E-state index contributed by atoms with van der Waals surface area (Å²) in [5.74, 6) is -0.872. The van der Waals surface area contributed by atoms with Crippen LogP contribution in [0.2, 0.25) is 0 Å². The molecule has 0 aromatic rings. The highest BCUT2D eigenvalue weighted by molar-refractivity contribution is 5.78. The van der Waals surface area contributed by atoms with Gasteiger partial charge in [-0.05, 0) is 26.7 Å². The van der Waals surface area contributed by atoms with Crippen molar-refractivity contribution in [2.24, 2.45) is 5.41 Å². The van der Waals surface area contributed by atoms with Crippen LogP contribution in [0.1, 0.15) is 26.7 Å². The Balaban J connectivity index is 2.49. The number of rotatable bonds is 8. The first-order valence-electron chi connectivity index (χ1n) is 7.47. The molecule has 1 aliphatic rings. The summed E-state index contributed by atoms with van der Waals surface area (Å²) in [5, 5.41) is 12.2. The standard InChI is InChI=1S/C14H26N2O5/c1-3-16(7-10-20-4-2)13(19)15-11-14(12(17)18)5-8-21-9-6-14/h3-11H2,1-2H3,(H,15,19)(H,17,18). The monoisotopic (exact) mass is 302 g/mol. The van der Waals surface area contributed by atoms with Crippen LogP contribution in [-0.2, 0) is 14.3 Å². The second-order valence-corrected chi connectivity index (χ2v) is 5.13. The molecule has 0 aliphatic carbocycles. The van der Waals surface area contributed by atoms with Crippen molar-refractivity contribution in [3.05, 3.63) is 0 Å². The number of hydrogen-bond donors (Lipinski definition) is 2. The minimum absolute atomic E-state index is 0.135. The van der Waals surface area contributed by atoms with Gasteiger partial charge in [-0.25, -0.2) is 4.79 Å². The number of amides is 2. The zero-order chi connectivity index (χ0) is 15.7. The van der Waals surface area contributed by atoms with Gasteiger partial charge in [-0.2, -0.15) is 0 Å². The first kappa shape index (κ1) is 17.7. The molecule has 2 amide bonds. The van der Waals surface area contributed by atoms with Crippen LogP contribution in [0.15, 0.2) is 0 Å². The van der Waals surface area contributed by atoms with E-state index in [0.717, 1.165) is 0 Å². The van der Waals surface area contributed by atoms with E-state index >= 15 is 0 Å². The van der Waals surface area contributed by atoms with Crippen LogP contribution >= 0.6 is 0 Å². The molecule has 1 heterocycles. The molecule has 2 N–H and O–H groups in total. The van der Waals surface area contributed by atoms with Crippen LogP contribution in [0.5, 0.6) is 0 Å². The maximum atomic E-state index is 12.1. The topological polar surface area (TPSA) is 88.1 Å². The number of nitrogens with one attached hydrogen (secondary N) is 1. The Kier molecular flexibility index (Phi) is 7.45. The third-order valence-electron chi connectivity index (χ3n) is 3.86. The van der Waals surface area contributed by atoms with E-state index in [2.05, 4.69) is 5.32 Å². The molecule has 7 nitrogen and oxygen atoms in total. The minimum Gasteiger partial charge on any atom is -0.481 e. The van der Waals surface area contributed by atoms with Crippen molar-refractivity contribution in [3.8, 4) is 0 Å². The molecule has 1 aliphatic heterocycles. The highest BCUT2D eigenvalue weighted by Gasteiger charge is 2.40. The van der Waals surface area contributed by atoms with E-state index in [-0.39, 0.29) is 12.6 Å². The smallest absolute Gasteiger partial charge is 0.317 e. The van der Waals surface area contributed by atoms with Gasteiger partial charge in [0.25, 0.3) is 0 Å². The summed E-state index contributed by atoms with van der Waals surface area (Å²) in [7, 11) is 0. The maximum absolute atomic E-state index is 12.1. The quantitative estimate of drug-likeness (QED) is 0.651. The number of likely N-dealkylation sites (N-methyl/N-ethyl adjacent to an activating group) is 1. The molecular formula is C14H26N2O5. The molecule has 0 aromatic carbocycles. The Morgan fingerprint density at radius 3 is 2.52 bits per heavy atom. The van der Waals surface area contributed by atoms with Crippen LogP contribution < -0.4 is 5.32 Å². The van der Waals surface area contributed by atoms with E-state index in [1.54, 1.807) is 4.90 Å². The van der Waals surface area contributed by atoms with Crippen molar-refractivity contribution >= 4 is 12.0 Å². The van der Waals surface area contributed by atoms with Crippen molar-refractivity contribution in [1.82, 2.24) is 10.2 Å².